The van der Waals surface area contributed by atoms with Crippen molar-refractivity contribution < 1.29 is 19.4 Å². The maximum Gasteiger partial charge on any atom is 0.295 e. The van der Waals surface area contributed by atoms with Crippen LogP contribution >= 0.6 is 0 Å². The number of hydrogen-bond donors (Lipinski definition) is 1. The van der Waals surface area contributed by atoms with E-state index in [-0.39, 0.29) is 23.3 Å². The van der Waals surface area contributed by atoms with Crippen LogP contribution in [0.3, 0.4) is 0 Å². The van der Waals surface area contributed by atoms with Crippen molar-refractivity contribution in [3.05, 3.63) is 101 Å². The van der Waals surface area contributed by atoms with Gasteiger partial charge < -0.3 is 14.7 Å². The lowest BCUT2D eigenvalue weighted by Gasteiger charge is -2.26. The van der Waals surface area contributed by atoms with E-state index in [1.807, 2.05) is 37.3 Å². The molecule has 0 bridgehead atoms. The molecule has 2 heterocycles. The van der Waals surface area contributed by atoms with Gasteiger partial charge in [-0.2, -0.15) is 0 Å². The highest BCUT2D eigenvalue weighted by Crippen LogP contribution is 2.41. The molecule has 4 rings (SSSR count). The first kappa shape index (κ1) is 25.2. The average Bonchev–Trinajstić information content (AvgIpc) is 3.12. The summed E-state index contributed by atoms with van der Waals surface area (Å²) < 4.78 is 5.71. The number of aliphatic hydroxyl groups is 1. The van der Waals surface area contributed by atoms with Crippen LogP contribution in [0, 0.1) is 0 Å². The number of pyridine rings is 1. The minimum absolute atomic E-state index is 0.0467. The molecular weight excluding hydrogens is 452 g/mol. The zero-order chi connectivity index (χ0) is 25.9. The maximum atomic E-state index is 13.3. The van der Waals surface area contributed by atoms with Crippen LogP contribution in [0.25, 0.3) is 5.76 Å². The summed E-state index contributed by atoms with van der Waals surface area (Å²) in [6, 6.07) is 17.8. The molecule has 6 heteroatoms. The summed E-state index contributed by atoms with van der Waals surface area (Å²) in [5, 5.41) is 11.4. The second-order valence-electron chi connectivity index (χ2n) is 10.0. The van der Waals surface area contributed by atoms with E-state index < -0.39 is 17.7 Å². The van der Waals surface area contributed by atoms with E-state index in [9.17, 15) is 14.7 Å². The molecule has 1 aliphatic rings. The average molecular weight is 485 g/mol. The fraction of sp³-hybridized carbons (Fsp3) is 0.300. The van der Waals surface area contributed by atoms with Gasteiger partial charge in [0.05, 0.1) is 18.2 Å². The monoisotopic (exact) mass is 484 g/mol. The predicted molar refractivity (Wildman–Crippen MR) is 139 cm³/mol. The van der Waals surface area contributed by atoms with Crippen molar-refractivity contribution in [2.45, 2.75) is 52.1 Å². The zero-order valence-electron chi connectivity index (χ0n) is 21.2. The normalized spacial score (nSPS) is 17.4. The summed E-state index contributed by atoms with van der Waals surface area (Å²) in [6.45, 7) is 9.14. The number of carbonyl (C=O) groups excluding carboxylic acids is 2. The number of benzene rings is 2. The predicted octanol–water partition coefficient (Wildman–Crippen LogP) is 5.79. The molecule has 186 valence electrons. The number of amides is 1. The van der Waals surface area contributed by atoms with Gasteiger partial charge in [-0.05, 0) is 46.7 Å². The van der Waals surface area contributed by atoms with Crippen LogP contribution < -0.4 is 4.74 Å². The lowest BCUT2D eigenvalue weighted by atomic mass is 9.85. The molecule has 1 atom stereocenters. The van der Waals surface area contributed by atoms with Gasteiger partial charge >= 0.3 is 0 Å². The Kier molecular flexibility index (Phi) is 7.25. The van der Waals surface area contributed by atoms with Crippen molar-refractivity contribution in [2.75, 3.05) is 6.61 Å². The Morgan fingerprint density at radius 2 is 1.81 bits per heavy atom. The summed E-state index contributed by atoms with van der Waals surface area (Å²) in [6.07, 6.45) is 4.18. The number of aromatic nitrogens is 1. The molecule has 0 saturated carbocycles. The third kappa shape index (κ3) is 5.18. The van der Waals surface area contributed by atoms with Gasteiger partial charge in [-0.3, -0.25) is 14.6 Å². The largest absolute Gasteiger partial charge is 0.507 e. The Bertz CT molecular complexity index is 1270. The van der Waals surface area contributed by atoms with Gasteiger partial charge in [0.2, 0.25) is 0 Å². The van der Waals surface area contributed by atoms with Crippen LogP contribution in [0.5, 0.6) is 5.75 Å². The topological polar surface area (TPSA) is 79.7 Å². The smallest absolute Gasteiger partial charge is 0.295 e. The molecule has 1 aliphatic heterocycles. The Morgan fingerprint density at radius 1 is 1.06 bits per heavy atom. The Hall–Kier alpha value is -3.93. The van der Waals surface area contributed by atoms with Crippen LogP contribution in [0.4, 0.5) is 0 Å². The van der Waals surface area contributed by atoms with Crippen molar-refractivity contribution in [1.29, 1.82) is 0 Å². The van der Waals surface area contributed by atoms with Gasteiger partial charge in [0.1, 0.15) is 11.5 Å². The third-order valence-electron chi connectivity index (χ3n) is 6.29. The number of ketones is 1. The minimum Gasteiger partial charge on any atom is -0.507 e. The van der Waals surface area contributed by atoms with E-state index in [0.29, 0.717) is 17.9 Å². The number of hydrogen-bond acceptors (Lipinski definition) is 5. The van der Waals surface area contributed by atoms with Gasteiger partial charge in [-0.15, -0.1) is 0 Å². The first-order valence-electron chi connectivity index (χ1n) is 12.2. The summed E-state index contributed by atoms with van der Waals surface area (Å²) in [4.78, 5) is 32.2. The van der Waals surface area contributed by atoms with Crippen molar-refractivity contribution in [1.82, 2.24) is 9.88 Å². The Labute approximate surface area is 212 Å². The number of Topliss-reactive ketones (excluding diaryl/α,β-unsaturated/α-hetero) is 1. The van der Waals surface area contributed by atoms with Gasteiger partial charge in [0.25, 0.3) is 11.7 Å². The molecule has 0 spiro atoms. The third-order valence-corrected chi connectivity index (χ3v) is 6.29. The summed E-state index contributed by atoms with van der Waals surface area (Å²) >= 11 is 0. The van der Waals surface area contributed by atoms with Crippen molar-refractivity contribution in [3.8, 4) is 5.75 Å². The molecule has 2 aromatic carbocycles. The van der Waals surface area contributed by atoms with Gasteiger partial charge in [0.15, 0.2) is 0 Å². The maximum absolute atomic E-state index is 13.3. The molecule has 3 aromatic rings. The Balaban J connectivity index is 1.82. The van der Waals surface area contributed by atoms with Gasteiger partial charge in [-0.25, -0.2) is 0 Å². The molecule has 1 fully saturated rings. The van der Waals surface area contributed by atoms with E-state index in [0.717, 1.165) is 23.1 Å². The number of ether oxygens (including phenoxy) is 1. The quantitative estimate of drug-likeness (QED) is 0.261. The fourth-order valence-electron chi connectivity index (χ4n) is 4.35. The lowest BCUT2D eigenvalue weighted by Crippen LogP contribution is -2.29. The molecule has 1 unspecified atom stereocenters. The molecule has 0 radical (unpaired) electrons. The van der Waals surface area contributed by atoms with Crippen LogP contribution in [-0.2, 0) is 21.5 Å². The van der Waals surface area contributed by atoms with Crippen molar-refractivity contribution >= 4 is 17.4 Å². The van der Waals surface area contributed by atoms with Crippen LogP contribution in [0.2, 0.25) is 0 Å². The molecule has 1 aromatic heterocycles. The summed E-state index contributed by atoms with van der Waals surface area (Å²) in [5.41, 5.74) is 3.14. The first-order valence-corrected chi connectivity index (χ1v) is 12.2. The Morgan fingerprint density at radius 3 is 2.44 bits per heavy atom. The highest BCUT2D eigenvalue weighted by Gasteiger charge is 2.46. The minimum atomic E-state index is -0.737. The zero-order valence-corrected chi connectivity index (χ0v) is 21.2. The summed E-state index contributed by atoms with van der Waals surface area (Å²) in [7, 11) is 0. The van der Waals surface area contributed by atoms with Crippen molar-refractivity contribution in [3.63, 3.8) is 0 Å². The first-order chi connectivity index (χ1) is 17.2. The van der Waals surface area contributed by atoms with E-state index in [4.69, 9.17) is 4.74 Å². The second-order valence-corrected chi connectivity index (χ2v) is 10.0. The summed E-state index contributed by atoms with van der Waals surface area (Å²) in [5.74, 6) is -0.977. The van der Waals surface area contributed by atoms with E-state index in [2.05, 4.69) is 25.8 Å². The standard InChI is InChI=1S/C30H32N2O4/c1-5-16-36-24-10-6-9-22(17-24)27(33)25-26(21-11-13-23(14-12-21)30(2,3)4)32(29(35)28(25)34)19-20-8-7-15-31-18-20/h6-15,17-18,26,33H,5,16,19H2,1-4H3/b27-25+. The van der Waals surface area contributed by atoms with E-state index >= 15 is 0 Å². The van der Waals surface area contributed by atoms with Crippen molar-refractivity contribution in [2.24, 2.45) is 0 Å². The van der Waals surface area contributed by atoms with Gasteiger partial charge in [0, 0.05) is 24.5 Å². The number of carbonyl (C=O) groups is 2. The van der Waals surface area contributed by atoms with Crippen LogP contribution in [0.1, 0.15) is 62.4 Å². The highest BCUT2D eigenvalue weighted by atomic mass is 16.5. The molecule has 1 N–H and O–H groups in total. The molecule has 1 amide bonds. The number of rotatable bonds is 7. The van der Waals surface area contributed by atoms with Crippen LogP contribution in [0.15, 0.2) is 78.6 Å². The van der Waals surface area contributed by atoms with E-state index in [1.54, 1.807) is 42.7 Å². The van der Waals surface area contributed by atoms with Crippen LogP contribution in [-0.4, -0.2) is 33.3 Å². The second kappa shape index (κ2) is 10.4. The number of likely N-dealkylation sites (tertiary alicyclic amines) is 1. The molecule has 36 heavy (non-hydrogen) atoms. The highest BCUT2D eigenvalue weighted by molar-refractivity contribution is 6.46. The fourth-order valence-corrected chi connectivity index (χ4v) is 4.35. The molecule has 1 saturated heterocycles. The number of aliphatic hydroxyl groups excluding tert-OH is 1. The molecule has 0 aliphatic carbocycles. The number of nitrogens with zero attached hydrogens (tertiary/aromatic N) is 2. The van der Waals surface area contributed by atoms with E-state index in [1.165, 1.54) is 4.90 Å². The molecular formula is C30H32N2O4. The SMILES string of the molecule is CCCOc1cccc(/C(O)=C2\C(=O)C(=O)N(Cc3cccnc3)C2c2ccc(C(C)(C)C)cc2)c1. The van der Waals surface area contributed by atoms with Gasteiger partial charge in [-0.1, -0.05) is 70.2 Å². The lowest BCUT2D eigenvalue weighted by molar-refractivity contribution is -0.140. The molecule has 6 nitrogen and oxygen atoms in total.